The van der Waals surface area contributed by atoms with Crippen LogP contribution in [-0.4, -0.2) is 11.0 Å². The number of hydrogen-bond acceptors (Lipinski definition) is 2. The van der Waals surface area contributed by atoms with Crippen LogP contribution in [0.3, 0.4) is 0 Å². The fraction of sp³-hybridized carbons (Fsp3) is 0. The second-order valence-corrected chi connectivity index (χ2v) is 3.67. The van der Waals surface area contributed by atoms with Crippen LogP contribution in [0.4, 0.5) is 5.69 Å². The van der Waals surface area contributed by atoms with Crippen molar-refractivity contribution in [3.05, 3.63) is 28.2 Å². The monoisotopic (exact) mass is 243 g/mol. The summed E-state index contributed by atoms with van der Waals surface area (Å²) in [5.41, 5.74) is 1.21. The van der Waals surface area contributed by atoms with Crippen molar-refractivity contribution in [2.45, 2.75) is 0 Å². The first-order chi connectivity index (χ1) is 5.68. The molecule has 0 saturated heterocycles. The molecule has 4 heteroatoms. The summed E-state index contributed by atoms with van der Waals surface area (Å²) in [7, 11) is 0. The average Bonchev–Trinajstić information content (AvgIpc) is 2.31. The highest BCUT2D eigenvalue weighted by Crippen LogP contribution is 2.30. The van der Waals surface area contributed by atoms with E-state index in [-0.39, 0.29) is 11.0 Å². The molecular formula is C8H3BrClNO. The summed E-state index contributed by atoms with van der Waals surface area (Å²) in [5.74, 6) is -0.201. The van der Waals surface area contributed by atoms with E-state index in [4.69, 9.17) is 11.6 Å². The van der Waals surface area contributed by atoms with Crippen molar-refractivity contribution in [3.63, 3.8) is 0 Å². The molecule has 0 unspecified atom stereocenters. The van der Waals surface area contributed by atoms with Crippen molar-refractivity contribution in [2.75, 3.05) is 0 Å². The van der Waals surface area contributed by atoms with Crippen LogP contribution in [0.1, 0.15) is 10.4 Å². The topological polar surface area (TPSA) is 29.4 Å². The summed E-state index contributed by atoms with van der Waals surface area (Å²) in [6.07, 6.45) is 0. The molecule has 1 aliphatic rings. The lowest BCUT2D eigenvalue weighted by molar-refractivity contribution is 0.107. The van der Waals surface area contributed by atoms with Crippen LogP contribution in [0.15, 0.2) is 27.7 Å². The average molecular weight is 244 g/mol. The first-order valence-corrected chi connectivity index (χ1v) is 4.44. The van der Waals surface area contributed by atoms with Gasteiger partial charge in [-0.05, 0) is 18.2 Å². The van der Waals surface area contributed by atoms with E-state index in [1.807, 2.05) is 6.07 Å². The fourth-order valence-electron chi connectivity index (χ4n) is 1.06. The van der Waals surface area contributed by atoms with Gasteiger partial charge in [0.15, 0.2) is 5.17 Å². The molecule has 0 saturated carbocycles. The number of carbonyl (C=O) groups excluding carboxylic acids is 1. The van der Waals surface area contributed by atoms with E-state index in [1.54, 1.807) is 12.1 Å². The molecule has 1 aliphatic heterocycles. The van der Waals surface area contributed by atoms with Crippen molar-refractivity contribution in [1.29, 1.82) is 0 Å². The molecule has 0 amide bonds. The summed E-state index contributed by atoms with van der Waals surface area (Å²) in [6, 6.07) is 5.30. The molecule has 0 radical (unpaired) electrons. The van der Waals surface area contributed by atoms with Gasteiger partial charge in [-0.3, -0.25) is 4.79 Å². The molecule has 0 atom stereocenters. The third-order valence-corrected chi connectivity index (χ3v) is 2.36. The maximum absolute atomic E-state index is 11.3. The van der Waals surface area contributed by atoms with Gasteiger partial charge in [0, 0.05) is 4.47 Å². The summed E-state index contributed by atoms with van der Waals surface area (Å²) < 4.78 is 0.858. The Balaban J connectivity index is 2.65. The predicted molar refractivity (Wildman–Crippen MR) is 51.4 cm³/mol. The smallest absolute Gasteiger partial charge is 0.225 e. The Bertz CT molecular complexity index is 400. The fourth-order valence-corrected chi connectivity index (χ4v) is 1.61. The lowest BCUT2D eigenvalue weighted by atomic mass is 10.1. The van der Waals surface area contributed by atoms with Gasteiger partial charge in [-0.15, -0.1) is 0 Å². The molecule has 1 aromatic rings. The molecule has 60 valence electrons. The highest BCUT2D eigenvalue weighted by atomic mass is 79.9. The van der Waals surface area contributed by atoms with Gasteiger partial charge >= 0.3 is 0 Å². The Morgan fingerprint density at radius 2 is 2.17 bits per heavy atom. The zero-order chi connectivity index (χ0) is 8.72. The number of ketones is 1. The maximum Gasteiger partial charge on any atom is 0.225 e. The molecule has 0 fully saturated rings. The lowest BCUT2D eigenvalue weighted by Crippen LogP contribution is -2.00. The number of aliphatic imine (C=N–C) groups is 1. The van der Waals surface area contributed by atoms with Gasteiger partial charge in [0.25, 0.3) is 0 Å². The van der Waals surface area contributed by atoms with Gasteiger partial charge in [0.2, 0.25) is 5.78 Å². The van der Waals surface area contributed by atoms with Crippen molar-refractivity contribution in [3.8, 4) is 0 Å². The molecule has 0 aliphatic carbocycles. The third kappa shape index (κ3) is 1.09. The molecule has 1 aromatic carbocycles. The standard InChI is InChI=1S/C8H3BrClNO/c9-4-1-2-6-5(3-4)7(12)8(10)11-6/h1-3H. The third-order valence-electron chi connectivity index (χ3n) is 1.61. The normalized spacial score (nSPS) is 14.5. The lowest BCUT2D eigenvalue weighted by Gasteiger charge is -1.94. The molecule has 2 rings (SSSR count). The summed E-state index contributed by atoms with van der Waals surface area (Å²) in [4.78, 5) is 15.2. The van der Waals surface area contributed by atoms with E-state index >= 15 is 0 Å². The molecule has 12 heavy (non-hydrogen) atoms. The first kappa shape index (κ1) is 7.95. The summed E-state index contributed by atoms with van der Waals surface area (Å²) >= 11 is 8.83. The number of Topliss-reactive ketones (excluding diaryl/α,β-unsaturated/α-hetero) is 1. The van der Waals surface area contributed by atoms with Crippen LogP contribution in [0.2, 0.25) is 0 Å². The minimum absolute atomic E-state index is 0.0445. The minimum Gasteiger partial charge on any atom is -0.286 e. The summed E-state index contributed by atoms with van der Waals surface area (Å²) in [5, 5.41) is 0.0445. The maximum atomic E-state index is 11.3. The SMILES string of the molecule is O=C1C(Cl)=Nc2ccc(Br)cc21. The first-order valence-electron chi connectivity index (χ1n) is 3.27. The number of halogens is 2. The van der Waals surface area contributed by atoms with Crippen molar-refractivity contribution in [2.24, 2.45) is 4.99 Å². The van der Waals surface area contributed by atoms with Crippen LogP contribution in [0, 0.1) is 0 Å². The van der Waals surface area contributed by atoms with E-state index < -0.39 is 0 Å². The van der Waals surface area contributed by atoms with Crippen LogP contribution in [-0.2, 0) is 0 Å². The van der Waals surface area contributed by atoms with E-state index in [9.17, 15) is 4.79 Å². The second-order valence-electron chi connectivity index (χ2n) is 2.39. The molecule has 0 N–H and O–H groups in total. The van der Waals surface area contributed by atoms with Crippen LogP contribution < -0.4 is 0 Å². The van der Waals surface area contributed by atoms with E-state index in [0.717, 1.165) is 4.47 Å². The molecule has 1 heterocycles. The van der Waals surface area contributed by atoms with Gasteiger partial charge in [-0.2, -0.15) is 0 Å². The van der Waals surface area contributed by atoms with Gasteiger partial charge < -0.3 is 0 Å². The van der Waals surface area contributed by atoms with Gasteiger partial charge in [-0.25, -0.2) is 4.99 Å². The van der Waals surface area contributed by atoms with Crippen molar-refractivity contribution < 1.29 is 4.79 Å². The number of nitrogens with zero attached hydrogens (tertiary/aromatic N) is 1. The highest BCUT2D eigenvalue weighted by Gasteiger charge is 2.22. The highest BCUT2D eigenvalue weighted by molar-refractivity contribution is 9.10. The largest absolute Gasteiger partial charge is 0.286 e. The van der Waals surface area contributed by atoms with Gasteiger partial charge in [0.1, 0.15) is 0 Å². The number of carbonyl (C=O) groups is 1. The number of rotatable bonds is 0. The zero-order valence-electron chi connectivity index (χ0n) is 5.84. The summed E-state index contributed by atoms with van der Waals surface area (Å²) in [6.45, 7) is 0. The number of fused-ring (bicyclic) bond motifs is 1. The van der Waals surface area contributed by atoms with Crippen LogP contribution in [0.5, 0.6) is 0 Å². The Hall–Kier alpha value is -0.670. The minimum atomic E-state index is -0.201. The Kier molecular flexibility index (Phi) is 1.77. The van der Waals surface area contributed by atoms with Crippen molar-refractivity contribution >= 4 is 44.2 Å². The van der Waals surface area contributed by atoms with Gasteiger partial charge in [0.05, 0.1) is 11.3 Å². The van der Waals surface area contributed by atoms with E-state index in [2.05, 4.69) is 20.9 Å². The molecule has 0 bridgehead atoms. The molecule has 0 spiro atoms. The number of benzene rings is 1. The quantitative estimate of drug-likeness (QED) is 0.690. The molecule has 0 aromatic heterocycles. The van der Waals surface area contributed by atoms with Gasteiger partial charge in [-0.1, -0.05) is 27.5 Å². The molecular weight excluding hydrogens is 241 g/mol. The van der Waals surface area contributed by atoms with Crippen LogP contribution >= 0.6 is 27.5 Å². The Morgan fingerprint density at radius 3 is 2.92 bits per heavy atom. The second kappa shape index (κ2) is 2.68. The van der Waals surface area contributed by atoms with Crippen LogP contribution in [0.25, 0.3) is 0 Å². The predicted octanol–water partition coefficient (Wildman–Crippen LogP) is 2.91. The molecule has 2 nitrogen and oxygen atoms in total. The Morgan fingerprint density at radius 1 is 1.42 bits per heavy atom. The zero-order valence-corrected chi connectivity index (χ0v) is 8.19. The van der Waals surface area contributed by atoms with E-state index in [1.165, 1.54) is 0 Å². The Labute approximate surface area is 82.4 Å². The van der Waals surface area contributed by atoms with Crippen molar-refractivity contribution in [1.82, 2.24) is 0 Å². The van der Waals surface area contributed by atoms with E-state index in [0.29, 0.717) is 11.3 Å². The number of hydrogen-bond donors (Lipinski definition) is 0.